The fraction of sp³-hybridized carbons (Fsp3) is 0.643. The lowest BCUT2D eigenvalue weighted by Crippen LogP contribution is -2.52. The van der Waals surface area contributed by atoms with Gasteiger partial charge in [0, 0.05) is 28.2 Å². The Labute approximate surface area is 195 Å². The van der Waals surface area contributed by atoms with Crippen LogP contribution >= 0.6 is 0 Å². The Morgan fingerprint density at radius 3 is 0.781 bits per heavy atom. The van der Waals surface area contributed by atoms with E-state index in [4.69, 9.17) is 0 Å². The van der Waals surface area contributed by atoms with Gasteiger partial charge in [-0.05, 0) is 125 Å². The molecule has 174 valence electrons. The minimum atomic E-state index is -0.115. The Balaban J connectivity index is 1.97. The van der Waals surface area contributed by atoms with Gasteiger partial charge in [-0.1, -0.05) is 0 Å². The normalized spacial score (nSPS) is 38.2. The molecule has 4 nitrogen and oxygen atoms in total. The first-order valence-electron chi connectivity index (χ1n) is 12.1. The average Bonchev–Trinajstić information content (AvgIpc) is 3.17. The van der Waals surface area contributed by atoms with Crippen LogP contribution in [-0.4, -0.2) is 48.2 Å². The fourth-order valence-electron chi connectivity index (χ4n) is 9.20. The molecule has 0 spiro atoms. The van der Waals surface area contributed by atoms with Crippen molar-refractivity contribution in [2.24, 2.45) is 0 Å². The maximum Gasteiger partial charge on any atom is 0.0806 e. The molecule has 1 aromatic carbocycles. The van der Waals surface area contributed by atoms with Gasteiger partial charge in [0.15, 0.2) is 0 Å². The molecule has 0 saturated heterocycles. The molecule has 4 unspecified atom stereocenters. The van der Waals surface area contributed by atoms with Gasteiger partial charge in [-0.25, -0.2) is 20.0 Å². The molecule has 0 aliphatic carbocycles. The second-order valence-corrected chi connectivity index (χ2v) is 11.9. The smallest absolute Gasteiger partial charge is 0.0806 e. The SMILES string of the molecule is CC1=C(C)C2(C)c3c(C)c4c(c(C)c3C1(C)N2N(C)C)C1(C)C(C)=C(C)C4(C)N1N(C)C. The summed E-state index contributed by atoms with van der Waals surface area (Å²) in [7, 11) is 8.84. The molecular weight excluding hydrogens is 392 g/mol. The van der Waals surface area contributed by atoms with E-state index < -0.39 is 0 Å². The van der Waals surface area contributed by atoms with Crippen molar-refractivity contribution >= 4 is 0 Å². The van der Waals surface area contributed by atoms with Crippen LogP contribution in [0, 0.1) is 13.8 Å². The molecule has 4 atom stereocenters. The molecule has 0 aromatic heterocycles. The number of nitrogens with zero attached hydrogens (tertiary/aromatic N) is 4. The van der Waals surface area contributed by atoms with Gasteiger partial charge in [0.2, 0.25) is 0 Å². The Bertz CT molecular complexity index is 1000. The Morgan fingerprint density at radius 1 is 0.438 bits per heavy atom. The zero-order valence-electron chi connectivity index (χ0n) is 22.8. The molecule has 4 heterocycles. The molecule has 1 aromatic rings. The first-order chi connectivity index (χ1) is 14.6. The van der Waals surface area contributed by atoms with Crippen molar-refractivity contribution in [3.63, 3.8) is 0 Å². The van der Waals surface area contributed by atoms with E-state index in [0.717, 1.165) is 0 Å². The molecule has 0 fully saturated rings. The second-order valence-electron chi connectivity index (χ2n) is 11.9. The van der Waals surface area contributed by atoms with Crippen molar-refractivity contribution in [3.8, 4) is 0 Å². The standard InChI is InChI=1S/C28H42N4/c1-15-21-23(27(9)19(5)17(3)25(21,7)31(27)29(11)12)16(2)24-22(15)26(8)18(4)20(6)28(24,10)32(26)30(13)14/h1-14H3. The van der Waals surface area contributed by atoms with E-state index in [1.54, 1.807) is 22.3 Å². The topological polar surface area (TPSA) is 13.0 Å². The highest BCUT2D eigenvalue weighted by Crippen LogP contribution is 2.70. The number of benzene rings is 1. The van der Waals surface area contributed by atoms with Crippen LogP contribution in [-0.2, 0) is 22.2 Å². The Morgan fingerprint density at radius 2 is 0.625 bits per heavy atom. The molecule has 0 N–H and O–H groups in total. The first kappa shape index (κ1) is 22.3. The van der Waals surface area contributed by atoms with Crippen LogP contribution in [0.1, 0.15) is 88.8 Å². The number of fused-ring (bicyclic) bond motifs is 10. The Kier molecular flexibility index (Phi) is 4.03. The molecule has 32 heavy (non-hydrogen) atoms. The van der Waals surface area contributed by atoms with E-state index in [1.807, 2.05) is 0 Å². The molecule has 4 heteroatoms. The minimum absolute atomic E-state index is 0.115. The summed E-state index contributed by atoms with van der Waals surface area (Å²) >= 11 is 0. The number of hydrazine groups is 2. The molecule has 0 saturated carbocycles. The van der Waals surface area contributed by atoms with Gasteiger partial charge in [0.25, 0.3) is 0 Å². The van der Waals surface area contributed by atoms with Crippen LogP contribution in [0.15, 0.2) is 22.3 Å². The van der Waals surface area contributed by atoms with Gasteiger partial charge >= 0.3 is 0 Å². The van der Waals surface area contributed by atoms with E-state index >= 15 is 0 Å². The Hall–Kier alpha value is -1.46. The molecule has 4 bridgehead atoms. The van der Waals surface area contributed by atoms with Crippen molar-refractivity contribution in [2.45, 2.75) is 91.4 Å². The van der Waals surface area contributed by atoms with Gasteiger partial charge in [-0.2, -0.15) is 0 Å². The van der Waals surface area contributed by atoms with Crippen molar-refractivity contribution in [1.29, 1.82) is 0 Å². The molecule has 5 rings (SSSR count). The van der Waals surface area contributed by atoms with Crippen LogP contribution in [0.4, 0.5) is 0 Å². The van der Waals surface area contributed by atoms with Crippen molar-refractivity contribution in [3.05, 3.63) is 55.7 Å². The van der Waals surface area contributed by atoms with Crippen molar-refractivity contribution in [2.75, 3.05) is 28.2 Å². The molecule has 0 amide bonds. The molecule has 0 radical (unpaired) electrons. The molecule has 4 aliphatic heterocycles. The lowest BCUT2D eigenvalue weighted by Gasteiger charge is -2.44. The van der Waals surface area contributed by atoms with E-state index in [0.29, 0.717) is 0 Å². The van der Waals surface area contributed by atoms with E-state index in [-0.39, 0.29) is 22.2 Å². The van der Waals surface area contributed by atoms with E-state index in [1.165, 1.54) is 33.4 Å². The predicted molar refractivity (Wildman–Crippen MR) is 133 cm³/mol. The van der Waals surface area contributed by atoms with Crippen LogP contribution < -0.4 is 0 Å². The highest BCUT2D eigenvalue weighted by Gasteiger charge is 2.69. The summed E-state index contributed by atoms with van der Waals surface area (Å²) in [6, 6.07) is 0. The predicted octanol–water partition coefficient (Wildman–Crippen LogP) is 5.45. The van der Waals surface area contributed by atoms with Crippen molar-refractivity contribution < 1.29 is 0 Å². The third kappa shape index (κ3) is 1.77. The van der Waals surface area contributed by atoms with Crippen LogP contribution in [0.5, 0.6) is 0 Å². The second kappa shape index (κ2) is 5.78. The first-order valence-corrected chi connectivity index (χ1v) is 12.1. The zero-order valence-corrected chi connectivity index (χ0v) is 22.8. The highest BCUT2D eigenvalue weighted by atomic mass is 15.7. The minimum Gasteiger partial charge on any atom is -0.246 e. The summed E-state index contributed by atoms with van der Waals surface area (Å²) in [6.07, 6.45) is 0. The molecular formula is C28H42N4. The number of rotatable bonds is 2. The van der Waals surface area contributed by atoms with Crippen LogP contribution in [0.2, 0.25) is 0 Å². The third-order valence-electron chi connectivity index (χ3n) is 10.5. The lowest BCUT2D eigenvalue weighted by atomic mass is 9.64. The lowest BCUT2D eigenvalue weighted by molar-refractivity contribution is -0.0937. The van der Waals surface area contributed by atoms with Gasteiger partial charge in [0.05, 0.1) is 22.2 Å². The number of hydrogen-bond acceptors (Lipinski definition) is 4. The quantitative estimate of drug-likeness (QED) is 0.574. The van der Waals surface area contributed by atoms with E-state index in [2.05, 4.69) is 117 Å². The zero-order chi connectivity index (χ0) is 24.1. The summed E-state index contributed by atoms with van der Waals surface area (Å²) in [5, 5.41) is 9.97. The highest BCUT2D eigenvalue weighted by molar-refractivity contribution is 5.74. The monoisotopic (exact) mass is 434 g/mol. The summed E-state index contributed by atoms with van der Waals surface area (Å²) in [5.41, 5.74) is 14.8. The fourth-order valence-corrected chi connectivity index (χ4v) is 9.20. The van der Waals surface area contributed by atoms with E-state index in [9.17, 15) is 0 Å². The molecule has 4 aliphatic rings. The van der Waals surface area contributed by atoms with Crippen LogP contribution in [0.3, 0.4) is 0 Å². The van der Waals surface area contributed by atoms with Gasteiger partial charge < -0.3 is 0 Å². The third-order valence-corrected chi connectivity index (χ3v) is 10.5. The number of hydrogen-bond donors (Lipinski definition) is 0. The van der Waals surface area contributed by atoms with Gasteiger partial charge in [-0.15, -0.1) is 0 Å². The summed E-state index contributed by atoms with van der Waals surface area (Å²) < 4.78 is 0. The summed E-state index contributed by atoms with van der Waals surface area (Å²) in [5.74, 6) is 0. The van der Waals surface area contributed by atoms with Gasteiger partial charge in [0.1, 0.15) is 0 Å². The van der Waals surface area contributed by atoms with Gasteiger partial charge in [-0.3, -0.25) is 0 Å². The summed E-state index contributed by atoms with van der Waals surface area (Å²) in [6.45, 7) is 24.1. The van der Waals surface area contributed by atoms with Crippen molar-refractivity contribution in [1.82, 2.24) is 20.0 Å². The summed E-state index contributed by atoms with van der Waals surface area (Å²) in [4.78, 5) is 0. The largest absolute Gasteiger partial charge is 0.246 e. The maximum absolute atomic E-state index is 2.65. The van der Waals surface area contributed by atoms with Crippen LogP contribution in [0.25, 0.3) is 0 Å². The average molecular weight is 435 g/mol. The maximum atomic E-state index is 2.65.